The Labute approximate surface area is 104 Å². The third-order valence-corrected chi connectivity index (χ3v) is 2.46. The summed E-state index contributed by atoms with van der Waals surface area (Å²) in [6, 6.07) is 4.67. The number of alkyl halides is 1. The molecule has 16 heavy (non-hydrogen) atoms. The van der Waals surface area contributed by atoms with Gasteiger partial charge >= 0.3 is 5.97 Å². The second-order valence-electron chi connectivity index (χ2n) is 4.48. The summed E-state index contributed by atoms with van der Waals surface area (Å²) in [5, 5.41) is 9.96. The Balaban J connectivity index is 2.93. The number of carbonyl (C=O) groups is 1. The Bertz CT molecular complexity index is 394. The van der Waals surface area contributed by atoms with Crippen molar-refractivity contribution < 1.29 is 14.6 Å². The molecule has 0 aliphatic rings. The highest BCUT2D eigenvalue weighted by Crippen LogP contribution is 2.22. The third kappa shape index (κ3) is 3.52. The van der Waals surface area contributed by atoms with Crippen LogP contribution in [0.2, 0.25) is 0 Å². The van der Waals surface area contributed by atoms with Crippen LogP contribution in [0.25, 0.3) is 0 Å². The number of phenolic OH excluding ortho intramolecular Hbond substituents is 1. The van der Waals surface area contributed by atoms with E-state index in [0.29, 0.717) is 16.5 Å². The monoisotopic (exact) mass is 286 g/mol. The zero-order valence-corrected chi connectivity index (χ0v) is 11.2. The van der Waals surface area contributed by atoms with Crippen LogP contribution in [0, 0.1) is 0 Å². The Morgan fingerprint density at radius 1 is 1.44 bits per heavy atom. The van der Waals surface area contributed by atoms with Crippen molar-refractivity contribution in [2.75, 3.05) is 0 Å². The van der Waals surface area contributed by atoms with Gasteiger partial charge in [-0.2, -0.15) is 0 Å². The largest absolute Gasteiger partial charge is 0.508 e. The van der Waals surface area contributed by atoms with Crippen molar-refractivity contribution >= 4 is 21.9 Å². The first-order valence-electron chi connectivity index (χ1n) is 4.94. The molecule has 1 aromatic carbocycles. The summed E-state index contributed by atoms with van der Waals surface area (Å²) in [6.07, 6.45) is 0. The van der Waals surface area contributed by atoms with E-state index in [1.165, 1.54) is 6.07 Å². The van der Waals surface area contributed by atoms with E-state index in [4.69, 9.17) is 4.74 Å². The average Bonchev–Trinajstić information content (AvgIpc) is 2.15. The zero-order chi connectivity index (χ0) is 12.3. The van der Waals surface area contributed by atoms with Crippen molar-refractivity contribution in [2.45, 2.75) is 31.7 Å². The van der Waals surface area contributed by atoms with Gasteiger partial charge in [0.25, 0.3) is 0 Å². The van der Waals surface area contributed by atoms with Crippen LogP contribution >= 0.6 is 15.9 Å². The molecular weight excluding hydrogens is 272 g/mol. The Morgan fingerprint density at radius 2 is 2.06 bits per heavy atom. The second kappa shape index (κ2) is 4.87. The molecule has 0 aromatic heterocycles. The minimum absolute atomic E-state index is 0.171. The summed E-state index contributed by atoms with van der Waals surface area (Å²) in [5.74, 6) is -0.209. The maximum atomic E-state index is 11.7. The number of halogens is 1. The smallest absolute Gasteiger partial charge is 0.338 e. The first-order chi connectivity index (χ1) is 7.33. The van der Waals surface area contributed by atoms with Crippen LogP contribution in [0.4, 0.5) is 0 Å². The molecule has 0 bridgehead atoms. The van der Waals surface area contributed by atoms with Crippen molar-refractivity contribution in [3.8, 4) is 5.75 Å². The van der Waals surface area contributed by atoms with E-state index in [1.807, 2.05) is 20.8 Å². The SMILES string of the molecule is CC(C)(C)OC(=O)c1ccc(O)c(CBr)c1. The summed E-state index contributed by atoms with van der Waals surface area (Å²) < 4.78 is 5.23. The van der Waals surface area contributed by atoms with Gasteiger partial charge in [0.2, 0.25) is 0 Å². The maximum Gasteiger partial charge on any atom is 0.338 e. The van der Waals surface area contributed by atoms with Crippen molar-refractivity contribution in [3.63, 3.8) is 0 Å². The maximum absolute atomic E-state index is 11.7. The molecule has 0 radical (unpaired) electrons. The Morgan fingerprint density at radius 3 is 2.56 bits per heavy atom. The molecule has 1 rings (SSSR count). The van der Waals surface area contributed by atoms with Crippen molar-refractivity contribution in [2.24, 2.45) is 0 Å². The number of hydrogen-bond acceptors (Lipinski definition) is 3. The minimum Gasteiger partial charge on any atom is -0.508 e. The number of benzene rings is 1. The molecule has 0 heterocycles. The molecule has 0 unspecified atom stereocenters. The third-order valence-electron chi connectivity index (χ3n) is 1.86. The summed E-state index contributed by atoms with van der Waals surface area (Å²) in [7, 11) is 0. The van der Waals surface area contributed by atoms with Crippen molar-refractivity contribution in [3.05, 3.63) is 29.3 Å². The van der Waals surface area contributed by atoms with Crippen LogP contribution in [0.15, 0.2) is 18.2 Å². The topological polar surface area (TPSA) is 46.5 Å². The normalized spacial score (nSPS) is 11.2. The molecule has 4 heteroatoms. The fourth-order valence-corrected chi connectivity index (χ4v) is 1.61. The fraction of sp³-hybridized carbons (Fsp3) is 0.417. The number of phenols is 1. The van der Waals surface area contributed by atoms with Crippen LogP contribution < -0.4 is 0 Å². The van der Waals surface area contributed by atoms with Crippen molar-refractivity contribution in [1.29, 1.82) is 0 Å². The van der Waals surface area contributed by atoms with E-state index < -0.39 is 5.60 Å². The van der Waals surface area contributed by atoms with E-state index in [9.17, 15) is 9.90 Å². The zero-order valence-electron chi connectivity index (χ0n) is 9.58. The average molecular weight is 287 g/mol. The molecule has 0 fully saturated rings. The highest BCUT2D eigenvalue weighted by atomic mass is 79.9. The number of hydrogen-bond donors (Lipinski definition) is 1. The van der Waals surface area contributed by atoms with E-state index >= 15 is 0 Å². The van der Waals surface area contributed by atoms with Gasteiger partial charge in [-0.3, -0.25) is 0 Å². The fourth-order valence-electron chi connectivity index (χ4n) is 1.16. The second-order valence-corrected chi connectivity index (χ2v) is 5.04. The van der Waals surface area contributed by atoms with Crippen LogP contribution in [-0.2, 0) is 10.1 Å². The molecule has 0 atom stereocenters. The summed E-state index contributed by atoms with van der Waals surface area (Å²) in [4.78, 5) is 11.7. The molecular formula is C12H15BrO3. The van der Waals surface area contributed by atoms with E-state index in [1.54, 1.807) is 12.1 Å². The molecule has 1 N–H and O–H groups in total. The number of esters is 1. The number of rotatable bonds is 2. The highest BCUT2D eigenvalue weighted by molar-refractivity contribution is 9.08. The van der Waals surface area contributed by atoms with Gasteiger partial charge in [0.05, 0.1) is 5.56 Å². The summed E-state index contributed by atoms with van der Waals surface area (Å²) >= 11 is 3.24. The lowest BCUT2D eigenvalue weighted by Gasteiger charge is -2.19. The molecule has 0 saturated carbocycles. The first-order valence-corrected chi connectivity index (χ1v) is 6.07. The summed E-state index contributed by atoms with van der Waals surface area (Å²) in [5.41, 5.74) is 0.606. The van der Waals surface area contributed by atoms with Crippen LogP contribution in [0.3, 0.4) is 0 Å². The lowest BCUT2D eigenvalue weighted by molar-refractivity contribution is 0.00694. The molecule has 0 aliphatic carbocycles. The van der Waals surface area contributed by atoms with Gasteiger partial charge in [-0.25, -0.2) is 4.79 Å². The van der Waals surface area contributed by atoms with Gasteiger partial charge in [-0.05, 0) is 39.0 Å². The number of carbonyl (C=O) groups excluding carboxylic acids is 1. The van der Waals surface area contributed by atoms with Gasteiger partial charge in [-0.15, -0.1) is 0 Å². The van der Waals surface area contributed by atoms with Gasteiger partial charge in [-0.1, -0.05) is 15.9 Å². The molecule has 0 spiro atoms. The lowest BCUT2D eigenvalue weighted by atomic mass is 10.1. The van der Waals surface area contributed by atoms with Crippen LogP contribution in [0.5, 0.6) is 5.75 Å². The van der Waals surface area contributed by atoms with Crippen LogP contribution in [0.1, 0.15) is 36.7 Å². The Hall–Kier alpha value is -1.03. The van der Waals surface area contributed by atoms with Gasteiger partial charge < -0.3 is 9.84 Å². The minimum atomic E-state index is -0.510. The lowest BCUT2D eigenvalue weighted by Crippen LogP contribution is -2.23. The molecule has 88 valence electrons. The van der Waals surface area contributed by atoms with Crippen LogP contribution in [-0.4, -0.2) is 16.7 Å². The molecule has 3 nitrogen and oxygen atoms in total. The quantitative estimate of drug-likeness (QED) is 0.671. The Kier molecular flexibility index (Phi) is 3.97. The highest BCUT2D eigenvalue weighted by Gasteiger charge is 2.18. The van der Waals surface area contributed by atoms with Gasteiger partial charge in [0, 0.05) is 10.9 Å². The molecule has 0 amide bonds. The molecule has 0 aliphatic heterocycles. The number of ether oxygens (including phenoxy) is 1. The predicted molar refractivity (Wildman–Crippen MR) is 65.9 cm³/mol. The van der Waals surface area contributed by atoms with Crippen molar-refractivity contribution in [1.82, 2.24) is 0 Å². The molecule has 1 aromatic rings. The standard InChI is InChI=1S/C12H15BrO3/c1-12(2,3)16-11(15)8-4-5-10(14)9(6-8)7-13/h4-6,14H,7H2,1-3H3. The van der Waals surface area contributed by atoms with Gasteiger partial charge in [0.1, 0.15) is 11.4 Å². The predicted octanol–water partition coefficient (Wildman–Crippen LogP) is 3.24. The summed E-state index contributed by atoms with van der Waals surface area (Å²) in [6.45, 7) is 5.45. The molecule has 0 saturated heterocycles. The van der Waals surface area contributed by atoms with E-state index in [-0.39, 0.29) is 11.7 Å². The van der Waals surface area contributed by atoms with Gasteiger partial charge in [0.15, 0.2) is 0 Å². The van der Waals surface area contributed by atoms with E-state index in [0.717, 1.165) is 0 Å². The number of aromatic hydroxyl groups is 1. The van der Waals surface area contributed by atoms with E-state index in [2.05, 4.69) is 15.9 Å². The first kappa shape index (κ1) is 13.0.